The Kier molecular flexibility index (Phi) is 5.63. The lowest BCUT2D eigenvalue weighted by Crippen LogP contribution is -2.40. The standard InChI is InChI=1S/C19H24N2O2S/c1-15-17(19(22)20-8-11-23-12-9-20)14-18(21(15)10-13-24-2)16-6-4-3-5-7-16/h3-7,14H,8-13H2,1-2H3. The van der Waals surface area contributed by atoms with E-state index in [1.807, 2.05) is 34.9 Å². The van der Waals surface area contributed by atoms with E-state index in [4.69, 9.17) is 4.74 Å². The lowest BCUT2D eigenvalue weighted by molar-refractivity contribution is 0.0302. The minimum absolute atomic E-state index is 0.121. The van der Waals surface area contributed by atoms with Crippen molar-refractivity contribution in [3.63, 3.8) is 0 Å². The second kappa shape index (κ2) is 7.90. The molecule has 1 aromatic heterocycles. The summed E-state index contributed by atoms with van der Waals surface area (Å²) in [5.41, 5.74) is 4.15. The molecule has 0 N–H and O–H groups in total. The highest BCUT2D eigenvalue weighted by Gasteiger charge is 2.24. The number of carbonyl (C=O) groups excluding carboxylic acids is 1. The summed E-state index contributed by atoms with van der Waals surface area (Å²) in [7, 11) is 0. The number of ether oxygens (including phenoxy) is 1. The van der Waals surface area contributed by atoms with Crippen molar-refractivity contribution in [1.82, 2.24) is 9.47 Å². The Morgan fingerprint density at radius 3 is 2.58 bits per heavy atom. The highest BCUT2D eigenvalue weighted by molar-refractivity contribution is 7.98. The van der Waals surface area contributed by atoms with Gasteiger partial charge in [0.25, 0.3) is 5.91 Å². The Balaban J connectivity index is 1.97. The van der Waals surface area contributed by atoms with E-state index in [0.717, 1.165) is 34.8 Å². The first-order valence-electron chi connectivity index (χ1n) is 8.34. The first-order valence-corrected chi connectivity index (χ1v) is 9.73. The third kappa shape index (κ3) is 3.52. The molecule has 128 valence electrons. The number of amides is 1. The van der Waals surface area contributed by atoms with Gasteiger partial charge in [0.05, 0.1) is 18.8 Å². The van der Waals surface area contributed by atoms with Crippen LogP contribution in [-0.4, -0.2) is 53.7 Å². The summed E-state index contributed by atoms with van der Waals surface area (Å²) >= 11 is 1.82. The van der Waals surface area contributed by atoms with Crippen molar-refractivity contribution < 1.29 is 9.53 Å². The van der Waals surface area contributed by atoms with Crippen LogP contribution in [0.25, 0.3) is 11.3 Å². The number of nitrogens with zero attached hydrogens (tertiary/aromatic N) is 2. The largest absolute Gasteiger partial charge is 0.378 e. The molecule has 0 radical (unpaired) electrons. The zero-order valence-corrected chi connectivity index (χ0v) is 15.1. The number of benzene rings is 1. The van der Waals surface area contributed by atoms with Crippen LogP contribution in [0.5, 0.6) is 0 Å². The number of thioether (sulfide) groups is 1. The Hall–Kier alpha value is -1.72. The maximum atomic E-state index is 12.9. The molecule has 0 bridgehead atoms. The summed E-state index contributed by atoms with van der Waals surface area (Å²) in [4.78, 5) is 14.8. The number of hydrogen-bond acceptors (Lipinski definition) is 3. The SMILES string of the molecule is CSCCn1c(-c2ccccc2)cc(C(=O)N2CCOCC2)c1C. The fraction of sp³-hybridized carbons (Fsp3) is 0.421. The monoisotopic (exact) mass is 344 g/mol. The second-order valence-electron chi connectivity index (χ2n) is 5.94. The molecule has 0 aliphatic carbocycles. The second-order valence-corrected chi connectivity index (χ2v) is 6.93. The maximum Gasteiger partial charge on any atom is 0.255 e. The molecule has 5 heteroatoms. The summed E-state index contributed by atoms with van der Waals surface area (Å²) in [6.45, 7) is 5.57. The van der Waals surface area contributed by atoms with E-state index >= 15 is 0 Å². The van der Waals surface area contributed by atoms with Crippen molar-refractivity contribution >= 4 is 17.7 Å². The van der Waals surface area contributed by atoms with Crippen molar-refractivity contribution in [3.05, 3.63) is 47.7 Å². The van der Waals surface area contributed by atoms with Crippen molar-refractivity contribution in [1.29, 1.82) is 0 Å². The van der Waals surface area contributed by atoms with Crippen LogP contribution in [-0.2, 0) is 11.3 Å². The van der Waals surface area contributed by atoms with E-state index in [-0.39, 0.29) is 5.91 Å². The van der Waals surface area contributed by atoms with Gasteiger partial charge in [0.2, 0.25) is 0 Å². The van der Waals surface area contributed by atoms with Gasteiger partial charge in [0, 0.05) is 36.8 Å². The molecule has 0 spiro atoms. The quantitative estimate of drug-likeness (QED) is 0.835. The molecular weight excluding hydrogens is 320 g/mol. The van der Waals surface area contributed by atoms with E-state index in [2.05, 4.69) is 35.9 Å². The van der Waals surface area contributed by atoms with Crippen LogP contribution in [0.1, 0.15) is 16.1 Å². The molecule has 4 nitrogen and oxygen atoms in total. The molecule has 0 atom stereocenters. The van der Waals surface area contributed by atoms with Crippen LogP contribution in [0, 0.1) is 6.92 Å². The van der Waals surface area contributed by atoms with Gasteiger partial charge in [0.15, 0.2) is 0 Å². The summed E-state index contributed by atoms with van der Waals surface area (Å²) in [6.07, 6.45) is 2.11. The third-order valence-electron chi connectivity index (χ3n) is 4.48. The van der Waals surface area contributed by atoms with Gasteiger partial charge in [0.1, 0.15) is 0 Å². The summed E-state index contributed by atoms with van der Waals surface area (Å²) in [6, 6.07) is 12.4. The Bertz CT molecular complexity index is 691. The average molecular weight is 344 g/mol. The first kappa shape index (κ1) is 17.1. The van der Waals surface area contributed by atoms with E-state index in [0.29, 0.717) is 26.3 Å². The molecule has 2 aromatic rings. The Labute approximate surface area is 147 Å². The van der Waals surface area contributed by atoms with Crippen LogP contribution in [0.4, 0.5) is 0 Å². The maximum absolute atomic E-state index is 12.9. The topological polar surface area (TPSA) is 34.5 Å². The Morgan fingerprint density at radius 1 is 1.21 bits per heavy atom. The molecule has 3 rings (SSSR count). The highest BCUT2D eigenvalue weighted by atomic mass is 32.2. The van der Waals surface area contributed by atoms with Gasteiger partial charge in [-0.2, -0.15) is 11.8 Å². The molecule has 1 aliphatic rings. The smallest absolute Gasteiger partial charge is 0.255 e. The van der Waals surface area contributed by atoms with E-state index in [1.54, 1.807) is 0 Å². The number of rotatable bonds is 5. The number of morpholine rings is 1. The zero-order valence-electron chi connectivity index (χ0n) is 14.3. The fourth-order valence-electron chi connectivity index (χ4n) is 3.12. The van der Waals surface area contributed by atoms with Crippen molar-refractivity contribution in [2.75, 3.05) is 38.3 Å². The van der Waals surface area contributed by atoms with Crippen LogP contribution in [0.2, 0.25) is 0 Å². The average Bonchev–Trinajstić information content (AvgIpc) is 2.97. The molecule has 24 heavy (non-hydrogen) atoms. The lowest BCUT2D eigenvalue weighted by atomic mass is 10.1. The third-order valence-corrected chi connectivity index (χ3v) is 5.07. The summed E-state index contributed by atoms with van der Waals surface area (Å²) in [5.74, 6) is 1.15. The van der Waals surface area contributed by atoms with Crippen LogP contribution >= 0.6 is 11.8 Å². The van der Waals surface area contributed by atoms with Crippen LogP contribution < -0.4 is 0 Å². The van der Waals surface area contributed by atoms with Gasteiger partial charge in [-0.1, -0.05) is 30.3 Å². The van der Waals surface area contributed by atoms with E-state index in [1.165, 1.54) is 0 Å². The van der Waals surface area contributed by atoms with Crippen molar-refractivity contribution in [2.45, 2.75) is 13.5 Å². The Morgan fingerprint density at radius 2 is 1.92 bits per heavy atom. The van der Waals surface area contributed by atoms with Gasteiger partial charge >= 0.3 is 0 Å². The lowest BCUT2D eigenvalue weighted by Gasteiger charge is -2.26. The summed E-state index contributed by atoms with van der Waals surface area (Å²) < 4.78 is 7.64. The molecule has 2 heterocycles. The van der Waals surface area contributed by atoms with Gasteiger partial charge in [-0.05, 0) is 24.8 Å². The number of hydrogen-bond donors (Lipinski definition) is 0. The molecular formula is C19H24N2O2S. The van der Waals surface area contributed by atoms with Crippen molar-refractivity contribution in [3.8, 4) is 11.3 Å². The number of carbonyl (C=O) groups is 1. The van der Waals surface area contributed by atoms with Gasteiger partial charge in [-0.3, -0.25) is 4.79 Å². The van der Waals surface area contributed by atoms with Gasteiger partial charge in [-0.15, -0.1) is 0 Å². The predicted molar refractivity (Wildman–Crippen MR) is 99.7 cm³/mol. The molecule has 1 saturated heterocycles. The molecule has 1 aromatic carbocycles. The molecule has 1 fully saturated rings. The normalized spacial score (nSPS) is 14.8. The van der Waals surface area contributed by atoms with E-state index in [9.17, 15) is 4.79 Å². The van der Waals surface area contributed by atoms with Crippen LogP contribution in [0.15, 0.2) is 36.4 Å². The molecule has 0 saturated carbocycles. The molecule has 1 aliphatic heterocycles. The first-order chi connectivity index (χ1) is 11.7. The number of aromatic nitrogens is 1. The minimum atomic E-state index is 0.121. The van der Waals surface area contributed by atoms with E-state index < -0.39 is 0 Å². The minimum Gasteiger partial charge on any atom is -0.378 e. The summed E-state index contributed by atoms with van der Waals surface area (Å²) in [5, 5.41) is 0. The molecule has 1 amide bonds. The van der Waals surface area contributed by atoms with Crippen molar-refractivity contribution in [2.24, 2.45) is 0 Å². The van der Waals surface area contributed by atoms with Gasteiger partial charge in [-0.25, -0.2) is 0 Å². The zero-order chi connectivity index (χ0) is 16.9. The predicted octanol–water partition coefficient (Wildman–Crippen LogP) is 3.30. The van der Waals surface area contributed by atoms with Crippen LogP contribution in [0.3, 0.4) is 0 Å². The fourth-order valence-corrected chi connectivity index (χ4v) is 3.48. The van der Waals surface area contributed by atoms with Gasteiger partial charge < -0.3 is 14.2 Å². The highest BCUT2D eigenvalue weighted by Crippen LogP contribution is 2.27. The molecule has 0 unspecified atom stereocenters.